The van der Waals surface area contributed by atoms with E-state index in [2.05, 4.69) is 10.6 Å². The fraction of sp³-hybridized carbons (Fsp3) is 0.364. The summed E-state index contributed by atoms with van der Waals surface area (Å²) >= 11 is 0. The van der Waals surface area contributed by atoms with Gasteiger partial charge in [-0.3, -0.25) is 10.1 Å². The number of nitrogens with one attached hydrogen (secondary N) is 2. The molecular weight excluding hydrogens is 211 g/mol. The minimum absolute atomic E-state index is 0.0880. The van der Waals surface area contributed by atoms with Gasteiger partial charge >= 0.3 is 0 Å². The number of rotatable bonds is 2. The van der Waals surface area contributed by atoms with Gasteiger partial charge in [0, 0.05) is 12.1 Å². The molecule has 1 fully saturated rings. The third-order valence-electron chi connectivity index (χ3n) is 2.63. The van der Waals surface area contributed by atoms with E-state index >= 15 is 0 Å². The van der Waals surface area contributed by atoms with Crippen molar-refractivity contribution in [1.29, 1.82) is 0 Å². The Hall–Kier alpha value is -1.46. The smallest absolute Gasteiger partial charge is 0.234 e. The maximum atomic E-state index is 13.6. The quantitative estimate of drug-likeness (QED) is 0.666. The number of benzene rings is 1. The molecule has 0 aliphatic carbocycles. The highest BCUT2D eigenvalue weighted by Gasteiger charge is 2.21. The van der Waals surface area contributed by atoms with Crippen LogP contribution in [0, 0.1) is 5.82 Å². The van der Waals surface area contributed by atoms with Crippen LogP contribution in [0.15, 0.2) is 18.2 Å². The van der Waals surface area contributed by atoms with Crippen molar-refractivity contribution in [2.75, 3.05) is 13.1 Å². The SMILES string of the molecule is O=C1CNC(c2cc(CO)ccc2F)CN1. The minimum atomic E-state index is -0.328. The van der Waals surface area contributed by atoms with Gasteiger partial charge in [0.2, 0.25) is 5.91 Å². The van der Waals surface area contributed by atoms with Crippen LogP contribution in [0.25, 0.3) is 0 Å². The molecule has 1 aliphatic heterocycles. The second-order valence-corrected chi connectivity index (χ2v) is 3.75. The summed E-state index contributed by atoms with van der Waals surface area (Å²) in [7, 11) is 0. The lowest BCUT2D eigenvalue weighted by atomic mass is 10.0. The molecule has 1 saturated heterocycles. The Morgan fingerprint density at radius 3 is 2.94 bits per heavy atom. The molecule has 5 heteroatoms. The Labute approximate surface area is 92.5 Å². The summed E-state index contributed by atoms with van der Waals surface area (Å²) in [6, 6.07) is 4.26. The molecule has 1 aliphatic rings. The lowest BCUT2D eigenvalue weighted by Gasteiger charge is -2.25. The normalized spacial score (nSPS) is 20.6. The van der Waals surface area contributed by atoms with Crippen LogP contribution < -0.4 is 10.6 Å². The number of carbonyl (C=O) groups is 1. The van der Waals surface area contributed by atoms with Crippen molar-refractivity contribution in [3.63, 3.8) is 0 Å². The molecule has 1 atom stereocenters. The molecule has 1 amide bonds. The van der Waals surface area contributed by atoms with Crippen molar-refractivity contribution in [3.8, 4) is 0 Å². The average molecular weight is 224 g/mol. The number of hydrogen-bond acceptors (Lipinski definition) is 3. The van der Waals surface area contributed by atoms with Crippen molar-refractivity contribution < 1.29 is 14.3 Å². The molecule has 0 bridgehead atoms. The summed E-state index contributed by atoms with van der Waals surface area (Å²) < 4.78 is 13.6. The third-order valence-corrected chi connectivity index (χ3v) is 2.63. The number of carbonyl (C=O) groups excluding carboxylic acids is 1. The zero-order valence-corrected chi connectivity index (χ0v) is 8.66. The Kier molecular flexibility index (Phi) is 3.17. The zero-order valence-electron chi connectivity index (χ0n) is 8.66. The first kappa shape index (κ1) is 11.0. The van der Waals surface area contributed by atoms with Gasteiger partial charge in [0.05, 0.1) is 19.2 Å². The van der Waals surface area contributed by atoms with Crippen molar-refractivity contribution >= 4 is 5.91 Å². The van der Waals surface area contributed by atoms with Crippen molar-refractivity contribution in [3.05, 3.63) is 35.1 Å². The van der Waals surface area contributed by atoms with Gasteiger partial charge in [-0.15, -0.1) is 0 Å². The van der Waals surface area contributed by atoms with Crippen LogP contribution in [0.1, 0.15) is 17.2 Å². The van der Waals surface area contributed by atoms with E-state index < -0.39 is 0 Å². The second-order valence-electron chi connectivity index (χ2n) is 3.75. The predicted molar refractivity (Wildman–Crippen MR) is 56.1 cm³/mol. The third kappa shape index (κ3) is 2.20. The molecule has 1 aromatic rings. The van der Waals surface area contributed by atoms with Gasteiger partial charge in [0.1, 0.15) is 5.82 Å². The Bertz CT molecular complexity index is 399. The second kappa shape index (κ2) is 4.59. The molecule has 0 saturated carbocycles. The van der Waals surface area contributed by atoms with E-state index in [4.69, 9.17) is 5.11 Å². The number of aliphatic hydroxyl groups excluding tert-OH is 1. The molecule has 0 aromatic heterocycles. The van der Waals surface area contributed by atoms with E-state index in [9.17, 15) is 9.18 Å². The van der Waals surface area contributed by atoms with Crippen molar-refractivity contribution in [2.45, 2.75) is 12.6 Å². The van der Waals surface area contributed by atoms with Crippen LogP contribution in [0.3, 0.4) is 0 Å². The van der Waals surface area contributed by atoms with Gasteiger partial charge in [0.25, 0.3) is 0 Å². The summed E-state index contributed by atoms with van der Waals surface area (Å²) in [6.45, 7) is 0.435. The molecule has 0 spiro atoms. The van der Waals surface area contributed by atoms with Crippen molar-refractivity contribution in [2.24, 2.45) is 0 Å². The lowest BCUT2D eigenvalue weighted by Crippen LogP contribution is -2.47. The van der Waals surface area contributed by atoms with Crippen molar-refractivity contribution in [1.82, 2.24) is 10.6 Å². The fourth-order valence-electron chi connectivity index (χ4n) is 1.74. The lowest BCUT2D eigenvalue weighted by molar-refractivity contribution is -0.121. The van der Waals surface area contributed by atoms with Crippen LogP contribution in [0.2, 0.25) is 0 Å². The summed E-state index contributed by atoms with van der Waals surface area (Å²) in [5, 5.41) is 14.6. The number of hydrogen-bond donors (Lipinski definition) is 3. The summed E-state index contributed by atoms with van der Waals surface area (Å²) in [5.41, 5.74) is 1.14. The standard InChI is InChI=1S/C11H13FN2O2/c12-9-2-1-7(6-15)3-8(9)10-4-14-11(16)5-13-10/h1-3,10,13,15H,4-6H2,(H,14,16). The molecule has 16 heavy (non-hydrogen) atoms. The molecule has 1 heterocycles. The average Bonchev–Trinajstić information content (AvgIpc) is 2.31. The zero-order chi connectivity index (χ0) is 11.5. The van der Waals surface area contributed by atoms with Crippen LogP contribution in [0.5, 0.6) is 0 Å². The molecule has 0 radical (unpaired) electrons. The molecule has 4 nitrogen and oxygen atoms in total. The van der Waals surface area contributed by atoms with E-state index in [1.807, 2.05) is 0 Å². The maximum absolute atomic E-state index is 13.6. The van der Waals surface area contributed by atoms with E-state index in [0.717, 1.165) is 0 Å². The first-order valence-corrected chi connectivity index (χ1v) is 5.10. The largest absolute Gasteiger partial charge is 0.392 e. The summed E-state index contributed by atoms with van der Waals surface area (Å²) in [6.07, 6.45) is 0. The van der Waals surface area contributed by atoms with E-state index in [1.54, 1.807) is 12.1 Å². The molecular formula is C11H13FN2O2. The van der Waals surface area contributed by atoms with Crippen LogP contribution in [-0.2, 0) is 11.4 Å². The Morgan fingerprint density at radius 2 is 2.31 bits per heavy atom. The molecule has 3 N–H and O–H groups in total. The number of aliphatic hydroxyl groups is 1. The van der Waals surface area contributed by atoms with Gasteiger partial charge in [-0.05, 0) is 17.7 Å². The number of halogens is 1. The number of piperazine rings is 1. The Morgan fingerprint density at radius 1 is 1.50 bits per heavy atom. The summed E-state index contributed by atoms with van der Waals surface area (Å²) in [4.78, 5) is 10.9. The first-order chi connectivity index (χ1) is 7.70. The van der Waals surface area contributed by atoms with Gasteiger partial charge < -0.3 is 10.4 Å². The predicted octanol–water partition coefficient (Wildman–Crippen LogP) is 0.0785. The molecule has 1 aromatic carbocycles. The van der Waals surface area contributed by atoms with Crippen LogP contribution >= 0.6 is 0 Å². The van der Waals surface area contributed by atoms with Crippen LogP contribution in [0.4, 0.5) is 4.39 Å². The first-order valence-electron chi connectivity index (χ1n) is 5.10. The fourth-order valence-corrected chi connectivity index (χ4v) is 1.74. The Balaban J connectivity index is 2.22. The highest BCUT2D eigenvalue weighted by molar-refractivity contribution is 5.78. The topological polar surface area (TPSA) is 61.4 Å². The molecule has 86 valence electrons. The summed E-state index contributed by atoms with van der Waals surface area (Å²) in [5.74, 6) is -0.416. The van der Waals surface area contributed by atoms with E-state index in [-0.39, 0.29) is 30.9 Å². The van der Waals surface area contributed by atoms with Gasteiger partial charge in [-0.25, -0.2) is 4.39 Å². The molecule has 1 unspecified atom stereocenters. The van der Waals surface area contributed by atoms with Gasteiger partial charge in [0.15, 0.2) is 0 Å². The van der Waals surface area contributed by atoms with Gasteiger partial charge in [-0.2, -0.15) is 0 Å². The van der Waals surface area contributed by atoms with Crippen LogP contribution in [-0.4, -0.2) is 24.1 Å². The number of amides is 1. The van der Waals surface area contributed by atoms with E-state index in [0.29, 0.717) is 17.7 Å². The maximum Gasteiger partial charge on any atom is 0.234 e. The molecule has 2 rings (SSSR count). The highest BCUT2D eigenvalue weighted by atomic mass is 19.1. The highest BCUT2D eigenvalue weighted by Crippen LogP contribution is 2.19. The monoisotopic (exact) mass is 224 g/mol. The van der Waals surface area contributed by atoms with E-state index in [1.165, 1.54) is 6.07 Å². The van der Waals surface area contributed by atoms with Gasteiger partial charge in [-0.1, -0.05) is 6.07 Å². The minimum Gasteiger partial charge on any atom is -0.392 e.